The molecule has 4 bridgehead atoms. The van der Waals surface area contributed by atoms with Crippen LogP contribution in [-0.4, -0.2) is 36.5 Å². The fraction of sp³-hybridized carbons (Fsp3) is 0.750. The van der Waals surface area contributed by atoms with Crippen molar-refractivity contribution in [2.75, 3.05) is 13.2 Å². The maximum Gasteiger partial charge on any atom is 0.325 e. The highest BCUT2D eigenvalue weighted by Crippen LogP contribution is 2.61. The number of ether oxygens (including phenoxy) is 1. The van der Waals surface area contributed by atoms with Crippen molar-refractivity contribution in [3.63, 3.8) is 0 Å². The van der Waals surface area contributed by atoms with Crippen LogP contribution >= 0.6 is 0 Å². The van der Waals surface area contributed by atoms with E-state index in [1.54, 1.807) is 6.07 Å². The standard InChI is InChI=1S/C20H27N3O4/c1-12(22)16(9-21)17(24)11-27-19(26)10-23-18(25)8-20-5-13-2-14(6-20)4-15(3-13)7-20/h13-16,22H,2-8,10-11H2,1H3,(H,23,25). The minimum absolute atomic E-state index is 0.0811. The highest BCUT2D eigenvalue weighted by molar-refractivity contribution is 6.06. The number of hydrogen-bond acceptors (Lipinski definition) is 6. The van der Waals surface area contributed by atoms with Crippen molar-refractivity contribution in [2.24, 2.45) is 29.1 Å². The van der Waals surface area contributed by atoms with Crippen LogP contribution in [0.3, 0.4) is 0 Å². The van der Waals surface area contributed by atoms with Crippen molar-refractivity contribution in [1.82, 2.24) is 5.32 Å². The van der Waals surface area contributed by atoms with E-state index in [2.05, 4.69) is 5.32 Å². The first kappa shape index (κ1) is 19.5. The third-order valence-electron chi connectivity index (χ3n) is 6.39. The Hall–Kier alpha value is -2.23. The van der Waals surface area contributed by atoms with Gasteiger partial charge in [-0.2, -0.15) is 5.26 Å². The predicted molar refractivity (Wildman–Crippen MR) is 96.7 cm³/mol. The molecule has 0 saturated heterocycles. The van der Waals surface area contributed by atoms with E-state index < -0.39 is 24.3 Å². The zero-order chi connectivity index (χ0) is 19.6. The SMILES string of the molecule is CC(=N)C(C#N)C(=O)COC(=O)CNC(=O)CC12CC3CC(CC(C3)C1)C2. The second-order valence-electron chi connectivity index (χ2n) is 8.74. The maximum absolute atomic E-state index is 12.4. The smallest absolute Gasteiger partial charge is 0.325 e. The van der Waals surface area contributed by atoms with E-state index in [1.807, 2.05) is 0 Å². The van der Waals surface area contributed by atoms with E-state index in [-0.39, 0.29) is 23.6 Å². The second kappa shape index (κ2) is 7.79. The molecule has 146 valence electrons. The molecule has 1 atom stereocenters. The fourth-order valence-corrected chi connectivity index (χ4v) is 5.78. The zero-order valence-electron chi connectivity index (χ0n) is 15.8. The van der Waals surface area contributed by atoms with Crippen LogP contribution in [0.25, 0.3) is 0 Å². The van der Waals surface area contributed by atoms with E-state index in [1.165, 1.54) is 26.2 Å². The van der Waals surface area contributed by atoms with Crippen LogP contribution in [0.5, 0.6) is 0 Å². The van der Waals surface area contributed by atoms with Crippen molar-refractivity contribution in [3.05, 3.63) is 0 Å². The third-order valence-corrected chi connectivity index (χ3v) is 6.39. The number of nitrogens with zero attached hydrogens (tertiary/aromatic N) is 1. The molecule has 0 spiro atoms. The first-order chi connectivity index (χ1) is 12.8. The van der Waals surface area contributed by atoms with Gasteiger partial charge in [-0.25, -0.2) is 0 Å². The molecule has 1 unspecified atom stereocenters. The Bertz CT molecular complexity index is 659. The van der Waals surface area contributed by atoms with Crippen LogP contribution in [0.15, 0.2) is 0 Å². The Labute approximate surface area is 159 Å². The molecule has 1 amide bonds. The molecule has 0 radical (unpaired) electrons. The van der Waals surface area contributed by atoms with Crippen LogP contribution in [0.1, 0.15) is 51.9 Å². The lowest BCUT2D eigenvalue weighted by molar-refractivity contribution is -0.148. The zero-order valence-corrected chi connectivity index (χ0v) is 15.8. The lowest BCUT2D eigenvalue weighted by Crippen LogP contribution is -2.48. The van der Waals surface area contributed by atoms with Gasteiger partial charge in [0.25, 0.3) is 0 Å². The highest BCUT2D eigenvalue weighted by Gasteiger charge is 2.51. The van der Waals surface area contributed by atoms with Crippen molar-refractivity contribution < 1.29 is 19.1 Å². The minimum Gasteiger partial charge on any atom is -0.456 e. The van der Waals surface area contributed by atoms with Gasteiger partial charge in [-0.1, -0.05) is 0 Å². The van der Waals surface area contributed by atoms with E-state index in [4.69, 9.17) is 15.4 Å². The van der Waals surface area contributed by atoms with Gasteiger partial charge < -0.3 is 15.5 Å². The number of ketones is 1. The molecule has 7 nitrogen and oxygen atoms in total. The molecule has 7 heteroatoms. The van der Waals surface area contributed by atoms with E-state index in [0.717, 1.165) is 37.0 Å². The van der Waals surface area contributed by atoms with Gasteiger partial charge >= 0.3 is 5.97 Å². The van der Waals surface area contributed by atoms with Gasteiger partial charge in [0.05, 0.1) is 6.07 Å². The molecule has 2 N–H and O–H groups in total. The summed E-state index contributed by atoms with van der Waals surface area (Å²) < 4.78 is 4.83. The third kappa shape index (κ3) is 4.55. The number of carbonyl (C=O) groups is 3. The lowest BCUT2D eigenvalue weighted by Gasteiger charge is -2.56. The summed E-state index contributed by atoms with van der Waals surface area (Å²) in [5.74, 6) is -0.352. The van der Waals surface area contributed by atoms with Crippen LogP contribution < -0.4 is 5.32 Å². The number of nitrogens with one attached hydrogen (secondary N) is 2. The average molecular weight is 373 g/mol. The summed E-state index contributed by atoms with van der Waals surface area (Å²) in [6, 6.07) is 1.71. The molecule has 0 aromatic heterocycles. The Morgan fingerprint density at radius 1 is 1.19 bits per heavy atom. The van der Waals surface area contributed by atoms with Gasteiger partial charge in [-0.05, 0) is 68.6 Å². The molecule has 4 aliphatic carbocycles. The Morgan fingerprint density at radius 2 is 1.74 bits per heavy atom. The molecule has 0 aromatic carbocycles. The van der Waals surface area contributed by atoms with E-state index in [9.17, 15) is 14.4 Å². The highest BCUT2D eigenvalue weighted by atomic mass is 16.5. The van der Waals surface area contributed by atoms with Crippen molar-refractivity contribution in [3.8, 4) is 6.07 Å². The monoisotopic (exact) mass is 373 g/mol. The predicted octanol–water partition coefficient (Wildman–Crippen LogP) is 2.00. The summed E-state index contributed by atoms with van der Waals surface area (Å²) in [5, 5.41) is 18.8. The number of esters is 1. The normalized spacial score (nSPS) is 31.6. The van der Waals surface area contributed by atoms with Crippen LogP contribution in [0, 0.1) is 45.8 Å². The first-order valence-electron chi connectivity index (χ1n) is 9.70. The molecule has 4 aliphatic rings. The summed E-state index contributed by atoms with van der Waals surface area (Å²) in [6.07, 6.45) is 7.81. The number of nitriles is 1. The summed E-state index contributed by atoms with van der Waals surface area (Å²) in [6.45, 7) is 0.523. The maximum atomic E-state index is 12.4. The summed E-state index contributed by atoms with van der Waals surface area (Å²) in [4.78, 5) is 35.9. The largest absolute Gasteiger partial charge is 0.456 e. The summed E-state index contributed by atoms with van der Waals surface area (Å²) in [7, 11) is 0. The first-order valence-corrected chi connectivity index (χ1v) is 9.70. The summed E-state index contributed by atoms with van der Waals surface area (Å²) in [5.41, 5.74) is 0.0302. The fourth-order valence-electron chi connectivity index (χ4n) is 5.78. The Kier molecular flexibility index (Phi) is 5.64. The Balaban J connectivity index is 1.40. The molecule has 27 heavy (non-hydrogen) atoms. The average Bonchev–Trinajstić information content (AvgIpc) is 2.56. The number of rotatable bonds is 8. The van der Waals surface area contributed by atoms with Gasteiger partial charge in [0.15, 0.2) is 12.4 Å². The van der Waals surface area contributed by atoms with Crippen molar-refractivity contribution >= 4 is 23.4 Å². The second-order valence-corrected chi connectivity index (χ2v) is 8.74. The lowest BCUT2D eigenvalue weighted by atomic mass is 9.49. The van der Waals surface area contributed by atoms with E-state index in [0.29, 0.717) is 6.42 Å². The van der Waals surface area contributed by atoms with Gasteiger partial charge in [-0.15, -0.1) is 0 Å². The molecule has 4 fully saturated rings. The number of amides is 1. The minimum atomic E-state index is -1.19. The quantitative estimate of drug-likeness (QED) is 0.498. The number of carbonyl (C=O) groups excluding carboxylic acids is 3. The number of hydrogen-bond donors (Lipinski definition) is 2. The molecule has 0 aliphatic heterocycles. The van der Waals surface area contributed by atoms with Crippen LogP contribution in [0.2, 0.25) is 0 Å². The van der Waals surface area contributed by atoms with Crippen LogP contribution in [0.4, 0.5) is 0 Å². The number of Topliss-reactive ketones (excluding diaryl/α,β-unsaturated/α-hetero) is 1. The topological polar surface area (TPSA) is 120 Å². The van der Waals surface area contributed by atoms with E-state index >= 15 is 0 Å². The van der Waals surface area contributed by atoms with Crippen molar-refractivity contribution in [2.45, 2.75) is 51.9 Å². The molecule has 4 saturated carbocycles. The van der Waals surface area contributed by atoms with Gasteiger partial charge in [0, 0.05) is 12.1 Å². The molecule has 0 aromatic rings. The van der Waals surface area contributed by atoms with Gasteiger partial charge in [0.1, 0.15) is 12.5 Å². The molecule has 0 heterocycles. The van der Waals surface area contributed by atoms with Gasteiger partial charge in [0.2, 0.25) is 5.91 Å². The van der Waals surface area contributed by atoms with Crippen LogP contribution in [-0.2, 0) is 19.1 Å². The summed E-state index contributed by atoms with van der Waals surface area (Å²) >= 11 is 0. The van der Waals surface area contributed by atoms with Gasteiger partial charge in [-0.3, -0.25) is 14.4 Å². The Morgan fingerprint density at radius 3 is 2.22 bits per heavy atom. The van der Waals surface area contributed by atoms with Crippen molar-refractivity contribution in [1.29, 1.82) is 10.7 Å². The molecular weight excluding hydrogens is 346 g/mol. The molecule has 4 rings (SSSR count). The molecular formula is C20H27N3O4.